The summed E-state index contributed by atoms with van der Waals surface area (Å²) < 4.78 is 0. The highest BCUT2D eigenvalue weighted by atomic mass is 16.4. The highest BCUT2D eigenvalue weighted by Crippen LogP contribution is 2.23. The number of carbonyl (C=O) groups excluding carboxylic acids is 16. The third-order valence-electron chi connectivity index (χ3n) is 20.6. The fraction of sp³-hybridized carbons (Fsp3) is 0.529. The molecule has 5 rings (SSSR count). The van der Waals surface area contributed by atoms with Gasteiger partial charge in [0.15, 0.2) is 0 Å². The number of likely N-dealkylation sites (tertiary alicyclic amines) is 1. The maximum atomic E-state index is 14.7. The van der Waals surface area contributed by atoms with Crippen LogP contribution in [0.25, 0.3) is 0 Å². The van der Waals surface area contributed by atoms with Gasteiger partial charge in [-0.2, -0.15) is 0 Å². The molecule has 0 saturated carbocycles. The Kier molecular flexibility index (Phi) is 42.2. The number of aliphatic hydroxyl groups excluding tert-OH is 3. The molecule has 1 heterocycles. The number of nitrogens with one attached hydrogen (secondary N) is 14. The van der Waals surface area contributed by atoms with E-state index in [2.05, 4.69) is 74.4 Å². The van der Waals surface area contributed by atoms with Crippen molar-refractivity contribution in [2.75, 3.05) is 26.4 Å². The number of phenols is 1. The molecular weight excluding hydrogens is 1640 g/mol. The van der Waals surface area contributed by atoms with E-state index in [4.69, 9.17) is 11.5 Å². The summed E-state index contributed by atoms with van der Waals surface area (Å²) >= 11 is 0. The van der Waals surface area contributed by atoms with Gasteiger partial charge in [0.2, 0.25) is 94.5 Å². The number of hydrogen-bond acceptors (Lipinski definition) is 22. The molecule has 0 aliphatic carbocycles. The fourth-order valence-electron chi connectivity index (χ4n) is 13.6. The Bertz CT molecular complexity index is 4370. The molecule has 0 bridgehead atoms. The van der Waals surface area contributed by atoms with E-state index in [-0.39, 0.29) is 75.5 Å². The molecular formula is C87H125N17O22. The summed E-state index contributed by atoms with van der Waals surface area (Å²) in [4.78, 5) is 238. The Morgan fingerprint density at radius 2 is 0.659 bits per heavy atom. The van der Waals surface area contributed by atoms with Crippen molar-refractivity contribution in [2.24, 2.45) is 41.1 Å². The van der Waals surface area contributed by atoms with Gasteiger partial charge in [0, 0.05) is 32.2 Å². The average Bonchev–Trinajstić information content (AvgIpc) is 1.57. The quantitative estimate of drug-likeness (QED) is 0.0207. The van der Waals surface area contributed by atoms with Crippen molar-refractivity contribution in [2.45, 2.75) is 238 Å². The first-order valence-corrected chi connectivity index (χ1v) is 42.0. The highest BCUT2D eigenvalue weighted by Gasteiger charge is 2.43. The van der Waals surface area contributed by atoms with Gasteiger partial charge in [0.05, 0.1) is 32.3 Å². The number of rotatable bonds is 50. The third kappa shape index (κ3) is 33.5. The van der Waals surface area contributed by atoms with Crippen LogP contribution in [0.15, 0.2) is 115 Å². The van der Waals surface area contributed by atoms with E-state index < -0.39 is 241 Å². The van der Waals surface area contributed by atoms with Crippen LogP contribution in [0.3, 0.4) is 0 Å². The highest BCUT2D eigenvalue weighted by molar-refractivity contribution is 6.02. The number of primary amides is 1. The zero-order valence-electron chi connectivity index (χ0n) is 73.1. The van der Waals surface area contributed by atoms with Crippen molar-refractivity contribution in [1.82, 2.24) is 79.3 Å². The maximum Gasteiger partial charge on any atom is 0.326 e. The molecule has 16 atom stereocenters. The molecule has 1 saturated heterocycles. The second kappa shape index (κ2) is 51.1. The monoisotopic (exact) mass is 1760 g/mol. The Morgan fingerprint density at radius 1 is 0.357 bits per heavy atom. The topological polar surface area (TPSA) is 615 Å². The lowest BCUT2D eigenvalue weighted by Crippen LogP contribution is -2.63. The molecule has 4 aromatic rings. The van der Waals surface area contributed by atoms with Crippen molar-refractivity contribution in [3.8, 4) is 5.75 Å². The molecule has 126 heavy (non-hydrogen) atoms. The van der Waals surface area contributed by atoms with E-state index in [0.29, 0.717) is 22.3 Å². The summed E-state index contributed by atoms with van der Waals surface area (Å²) in [5.74, 6) is -19.4. The Labute approximate surface area is 731 Å². The van der Waals surface area contributed by atoms with Crippen LogP contribution in [0.4, 0.5) is 0 Å². The number of amides is 16. The van der Waals surface area contributed by atoms with E-state index in [1.54, 1.807) is 133 Å². The van der Waals surface area contributed by atoms with Crippen LogP contribution >= 0.6 is 0 Å². The van der Waals surface area contributed by atoms with Gasteiger partial charge in [0.1, 0.15) is 96.4 Å². The Morgan fingerprint density at radius 3 is 1.02 bits per heavy atom. The first-order valence-electron chi connectivity index (χ1n) is 42.0. The minimum atomic E-state index is -1.99. The van der Waals surface area contributed by atoms with Crippen LogP contribution in [0, 0.1) is 29.6 Å². The van der Waals surface area contributed by atoms with E-state index in [0.717, 1.165) is 4.90 Å². The van der Waals surface area contributed by atoms with Crippen molar-refractivity contribution >= 4 is 100 Å². The molecule has 4 aromatic carbocycles. The predicted octanol–water partition coefficient (Wildman–Crippen LogP) is -3.19. The smallest absolute Gasteiger partial charge is 0.326 e. The summed E-state index contributed by atoms with van der Waals surface area (Å²) in [5, 5.41) is 86.9. The molecule has 0 radical (unpaired) electrons. The summed E-state index contributed by atoms with van der Waals surface area (Å²) in [6, 6.07) is 7.01. The molecule has 0 unspecified atom stereocenters. The van der Waals surface area contributed by atoms with Crippen LogP contribution in [0.1, 0.15) is 137 Å². The van der Waals surface area contributed by atoms with Gasteiger partial charge in [-0.25, -0.2) is 4.79 Å². The first-order chi connectivity index (χ1) is 59.4. The maximum absolute atomic E-state index is 14.7. The number of nitrogens with two attached hydrogens (primary N) is 2. The van der Waals surface area contributed by atoms with Gasteiger partial charge in [0.25, 0.3) is 0 Å². The minimum Gasteiger partial charge on any atom is -0.508 e. The Balaban J connectivity index is 1.26. The van der Waals surface area contributed by atoms with Gasteiger partial charge in [-0.05, 0) is 104 Å². The second-order valence-electron chi connectivity index (χ2n) is 33.3. The lowest BCUT2D eigenvalue weighted by atomic mass is 9.98. The minimum absolute atomic E-state index is 0.00184. The largest absolute Gasteiger partial charge is 0.508 e. The van der Waals surface area contributed by atoms with Crippen molar-refractivity contribution in [3.05, 3.63) is 138 Å². The van der Waals surface area contributed by atoms with Crippen molar-refractivity contribution < 1.29 is 107 Å². The number of benzene rings is 4. The van der Waals surface area contributed by atoms with Crippen LogP contribution in [0.2, 0.25) is 0 Å². The molecule has 1 aliphatic heterocycles. The zero-order valence-corrected chi connectivity index (χ0v) is 73.1. The average molecular weight is 1760 g/mol. The molecule has 1 fully saturated rings. The predicted molar refractivity (Wildman–Crippen MR) is 459 cm³/mol. The molecule has 23 N–H and O–H groups in total. The van der Waals surface area contributed by atoms with Gasteiger partial charge in [-0.15, -0.1) is 0 Å². The molecule has 690 valence electrons. The number of hydrogen-bond donors (Lipinski definition) is 21. The first kappa shape index (κ1) is 104. The number of aliphatic carboxylic acids is 1. The SMILES string of the molecule is CC(C)C[C@H](NC(=O)[C@H](C)N)C(=O)N[C@@H](C)C(=O)N[C@@H](Cc1ccccc1)C(=O)N[C@@H](Cc1ccccc1)C(=O)N[C@@H](CO)C(=O)N[C@@H](CO)C(=O)N[C@@H](CO)C(=O)N[C@H](C(=O)N[C@@H](CC(N)=O)C(=O)N1CCC[C@H]1C(=O)N[C@H](C(=O)N[C@@H](CC(C)C)C(=O)N[C@@H](Cc1ccc(O)cc1)C(=O)N[C@H](C(=O)N[C@@H](Cc1ccccc1)C(=O)O)C(C)C)C(C)C)C(C)C. The van der Waals surface area contributed by atoms with Crippen molar-refractivity contribution in [3.63, 3.8) is 0 Å². The van der Waals surface area contributed by atoms with E-state index in [1.165, 1.54) is 52.0 Å². The molecule has 16 amide bonds. The van der Waals surface area contributed by atoms with Gasteiger partial charge in [-0.3, -0.25) is 76.7 Å². The number of nitrogens with zero attached hydrogens (tertiary/aromatic N) is 1. The number of carboxylic acids is 1. The lowest BCUT2D eigenvalue weighted by molar-refractivity contribution is -0.144. The zero-order chi connectivity index (χ0) is 93.9. The summed E-state index contributed by atoms with van der Waals surface area (Å²) in [6.07, 6.45) is -1.17. The molecule has 39 heteroatoms. The van der Waals surface area contributed by atoms with Crippen molar-refractivity contribution in [1.29, 1.82) is 0 Å². The summed E-state index contributed by atoms with van der Waals surface area (Å²) in [6.45, 7) is 15.6. The third-order valence-corrected chi connectivity index (χ3v) is 20.6. The molecule has 0 aromatic heterocycles. The fourth-order valence-corrected chi connectivity index (χ4v) is 13.6. The number of aliphatic hydroxyl groups is 3. The van der Waals surface area contributed by atoms with Crippen LogP contribution in [-0.4, -0.2) is 254 Å². The number of carbonyl (C=O) groups is 17. The molecule has 39 nitrogen and oxygen atoms in total. The number of phenolic OH excluding ortho intramolecular Hbond substituents is 1. The second-order valence-corrected chi connectivity index (χ2v) is 33.3. The van der Waals surface area contributed by atoms with Crippen LogP contribution < -0.4 is 85.9 Å². The number of aromatic hydroxyl groups is 1. The Hall–Kier alpha value is -12.5. The van der Waals surface area contributed by atoms with E-state index in [9.17, 15) is 107 Å². The van der Waals surface area contributed by atoms with Gasteiger partial charge < -0.3 is 116 Å². The standard InChI is InChI=1S/C87H125N17O22/c1-45(2)35-57(91-72(110)50(11)88)74(112)90-51(12)73(111)92-59(37-52-23-16-13-17-24-52)76(114)93-60(38-53-25-18-14-19-26-53)77(115)98-64(42-105)79(117)99-65(43-106)80(118)100-66(44-107)81(119)102-69(47(5)6)84(122)96-62(41-68(89)109)86(124)104-34-22-29-67(104)82(120)103-71(49(9)10)83(121)95-58(36-46(3)4)75(113)94-61(39-55-30-32-56(108)33-31-55)78(116)101-70(48(7)8)85(123)97-63(87(125)126)40-54-27-20-15-21-28-54/h13-21,23-28,30-33,45-51,57-67,69-71,105-108H,22,29,34-44,88H2,1-12H3,(H2,89,109)(H,90,112)(H,91,110)(H,92,111)(H,93,114)(H,94,113)(H,95,121)(H,96,122)(H,97,123)(H,98,115)(H,99,117)(H,100,118)(H,101,116)(H,102,119)(H,103,120)(H,125,126)/t50-,51-,57-,58-,59-,60-,61-,62-,63-,64-,65-,66-,67-,69-,70-,71-/m0/s1. The molecule has 0 spiro atoms. The lowest BCUT2D eigenvalue weighted by Gasteiger charge is -2.32. The van der Waals surface area contributed by atoms with E-state index >= 15 is 0 Å². The summed E-state index contributed by atoms with van der Waals surface area (Å²) in [5.41, 5.74) is 13.5. The van der Waals surface area contributed by atoms with E-state index in [1.807, 2.05) is 13.8 Å². The van der Waals surface area contributed by atoms with Crippen LogP contribution in [0.5, 0.6) is 5.75 Å². The van der Waals surface area contributed by atoms with Gasteiger partial charge in [-0.1, -0.05) is 172 Å². The molecule has 1 aliphatic rings. The van der Waals surface area contributed by atoms with Gasteiger partial charge >= 0.3 is 5.97 Å². The van der Waals surface area contributed by atoms with Crippen LogP contribution in [-0.2, 0) is 107 Å². The number of carboxylic acid groups (broad SMARTS) is 1. The summed E-state index contributed by atoms with van der Waals surface area (Å²) in [7, 11) is 0. The normalized spacial score (nSPS) is 16.1.